The van der Waals surface area contributed by atoms with Crippen LogP contribution in [-0.2, 0) is 17.9 Å². The standard InChI is InChI=1S/C20H18BrCl2N5O2S/c1-2-28-17(10-24-19(30)12-6-7-15(22)16(23)8-12)26-27-20(28)31-11-18(29)25-14-5-3-4-13(21)9-14/h3-9H,2,10-11H2,1H3,(H,24,30)(H,25,29). The molecule has 3 rings (SSSR count). The number of aromatic nitrogens is 3. The largest absolute Gasteiger partial charge is 0.345 e. The summed E-state index contributed by atoms with van der Waals surface area (Å²) in [6, 6.07) is 12.0. The van der Waals surface area contributed by atoms with E-state index in [0.29, 0.717) is 38.8 Å². The van der Waals surface area contributed by atoms with E-state index in [1.54, 1.807) is 12.1 Å². The molecule has 3 aromatic rings. The summed E-state index contributed by atoms with van der Waals surface area (Å²) < 4.78 is 2.74. The molecule has 11 heteroatoms. The summed E-state index contributed by atoms with van der Waals surface area (Å²) in [6.45, 7) is 2.73. The number of halogens is 3. The Bertz CT molecular complexity index is 1110. The fraction of sp³-hybridized carbons (Fsp3) is 0.200. The normalized spacial score (nSPS) is 10.7. The smallest absolute Gasteiger partial charge is 0.251 e. The number of anilines is 1. The second-order valence-corrected chi connectivity index (χ2v) is 8.97. The predicted octanol–water partition coefficient (Wildman–Crippen LogP) is 5.03. The molecule has 0 saturated carbocycles. The first kappa shape index (κ1) is 23.6. The maximum absolute atomic E-state index is 12.4. The van der Waals surface area contributed by atoms with Crippen molar-refractivity contribution in [3.8, 4) is 0 Å². The van der Waals surface area contributed by atoms with Gasteiger partial charge in [0.25, 0.3) is 5.91 Å². The van der Waals surface area contributed by atoms with Crippen molar-refractivity contribution in [1.29, 1.82) is 0 Å². The molecule has 162 valence electrons. The van der Waals surface area contributed by atoms with Crippen molar-refractivity contribution < 1.29 is 9.59 Å². The van der Waals surface area contributed by atoms with Crippen LogP contribution in [0.5, 0.6) is 0 Å². The molecule has 1 aromatic heterocycles. The van der Waals surface area contributed by atoms with Crippen LogP contribution < -0.4 is 10.6 Å². The molecule has 7 nitrogen and oxygen atoms in total. The molecule has 2 amide bonds. The Balaban J connectivity index is 1.57. The number of nitrogens with one attached hydrogen (secondary N) is 2. The van der Waals surface area contributed by atoms with E-state index in [1.165, 1.54) is 17.8 Å². The lowest BCUT2D eigenvalue weighted by Gasteiger charge is -2.09. The minimum Gasteiger partial charge on any atom is -0.345 e. The molecular weight excluding hydrogens is 525 g/mol. The molecule has 0 unspecified atom stereocenters. The second kappa shape index (κ2) is 11.0. The van der Waals surface area contributed by atoms with Gasteiger partial charge in [-0.15, -0.1) is 10.2 Å². The average molecular weight is 543 g/mol. The Hall–Kier alpha value is -2.07. The van der Waals surface area contributed by atoms with Gasteiger partial charge in [0.2, 0.25) is 5.91 Å². The fourth-order valence-electron chi connectivity index (χ4n) is 2.67. The number of nitrogens with zero attached hydrogens (tertiary/aromatic N) is 3. The molecule has 0 bridgehead atoms. The minimum absolute atomic E-state index is 0.150. The molecule has 0 spiro atoms. The number of rotatable bonds is 8. The number of carbonyl (C=O) groups excluding carboxylic acids is 2. The first-order chi connectivity index (χ1) is 14.9. The molecule has 0 radical (unpaired) electrons. The number of hydrogen-bond donors (Lipinski definition) is 2. The molecule has 0 atom stereocenters. The van der Waals surface area contributed by atoms with Crippen molar-refractivity contribution in [3.63, 3.8) is 0 Å². The zero-order valence-electron chi connectivity index (χ0n) is 16.4. The van der Waals surface area contributed by atoms with Crippen molar-refractivity contribution in [3.05, 3.63) is 68.4 Å². The van der Waals surface area contributed by atoms with E-state index in [-0.39, 0.29) is 24.1 Å². The molecule has 31 heavy (non-hydrogen) atoms. The quantitative estimate of drug-likeness (QED) is 0.390. The van der Waals surface area contributed by atoms with Gasteiger partial charge in [0.05, 0.1) is 22.3 Å². The summed E-state index contributed by atoms with van der Waals surface area (Å²) >= 11 is 16.5. The molecule has 0 aliphatic heterocycles. The number of carbonyl (C=O) groups is 2. The van der Waals surface area contributed by atoms with E-state index in [4.69, 9.17) is 23.2 Å². The second-order valence-electron chi connectivity index (χ2n) is 6.30. The SMILES string of the molecule is CCn1c(CNC(=O)c2ccc(Cl)c(Cl)c2)nnc1SCC(=O)Nc1cccc(Br)c1. The van der Waals surface area contributed by atoms with E-state index < -0.39 is 0 Å². The lowest BCUT2D eigenvalue weighted by Crippen LogP contribution is -2.24. The van der Waals surface area contributed by atoms with Crippen LogP contribution >= 0.6 is 50.9 Å². The third kappa shape index (κ3) is 6.46. The highest BCUT2D eigenvalue weighted by Crippen LogP contribution is 2.23. The Morgan fingerprint density at radius 1 is 1.13 bits per heavy atom. The number of hydrogen-bond acceptors (Lipinski definition) is 5. The summed E-state index contributed by atoms with van der Waals surface area (Å²) in [7, 11) is 0. The Labute approximate surface area is 202 Å². The van der Waals surface area contributed by atoms with Gasteiger partial charge in [0.1, 0.15) is 0 Å². The van der Waals surface area contributed by atoms with Crippen molar-refractivity contribution in [2.45, 2.75) is 25.2 Å². The number of thioether (sulfide) groups is 1. The minimum atomic E-state index is -0.299. The van der Waals surface area contributed by atoms with Crippen LogP contribution in [0.2, 0.25) is 10.0 Å². The van der Waals surface area contributed by atoms with Gasteiger partial charge < -0.3 is 15.2 Å². The first-order valence-corrected chi connectivity index (χ1v) is 11.7. The summed E-state index contributed by atoms with van der Waals surface area (Å²) in [6.07, 6.45) is 0. The highest BCUT2D eigenvalue weighted by Gasteiger charge is 2.15. The van der Waals surface area contributed by atoms with Gasteiger partial charge in [0, 0.05) is 22.3 Å². The van der Waals surface area contributed by atoms with Gasteiger partial charge in [-0.1, -0.05) is 57.0 Å². The summed E-state index contributed by atoms with van der Waals surface area (Å²) in [5, 5.41) is 15.2. The lowest BCUT2D eigenvalue weighted by atomic mass is 10.2. The van der Waals surface area contributed by atoms with E-state index in [9.17, 15) is 9.59 Å². The molecule has 1 heterocycles. The van der Waals surface area contributed by atoms with E-state index in [2.05, 4.69) is 36.8 Å². The molecular formula is C20H18BrCl2N5O2S. The molecule has 0 aliphatic rings. The van der Waals surface area contributed by atoms with Crippen LogP contribution in [0.4, 0.5) is 5.69 Å². The van der Waals surface area contributed by atoms with E-state index >= 15 is 0 Å². The van der Waals surface area contributed by atoms with Gasteiger partial charge in [-0.05, 0) is 43.3 Å². The van der Waals surface area contributed by atoms with Crippen LogP contribution in [0.25, 0.3) is 0 Å². The lowest BCUT2D eigenvalue weighted by molar-refractivity contribution is -0.113. The molecule has 0 fully saturated rings. The van der Waals surface area contributed by atoms with Crippen molar-refractivity contribution in [1.82, 2.24) is 20.1 Å². The highest BCUT2D eigenvalue weighted by molar-refractivity contribution is 9.10. The van der Waals surface area contributed by atoms with Crippen LogP contribution in [0.15, 0.2) is 52.1 Å². The van der Waals surface area contributed by atoms with Gasteiger partial charge in [0.15, 0.2) is 11.0 Å². The predicted molar refractivity (Wildman–Crippen MR) is 127 cm³/mol. The summed E-state index contributed by atoms with van der Waals surface area (Å²) in [5.74, 6) is 0.321. The van der Waals surface area contributed by atoms with E-state index in [1.807, 2.05) is 35.8 Å². The summed E-state index contributed by atoms with van der Waals surface area (Å²) in [5.41, 5.74) is 1.11. The first-order valence-electron chi connectivity index (χ1n) is 9.21. The zero-order chi connectivity index (χ0) is 22.4. The van der Waals surface area contributed by atoms with Crippen LogP contribution in [0.3, 0.4) is 0 Å². The summed E-state index contributed by atoms with van der Waals surface area (Å²) in [4.78, 5) is 24.6. The Morgan fingerprint density at radius 3 is 2.65 bits per heavy atom. The average Bonchev–Trinajstić information content (AvgIpc) is 3.14. The molecule has 0 aliphatic carbocycles. The molecule has 0 saturated heterocycles. The van der Waals surface area contributed by atoms with E-state index in [0.717, 1.165) is 4.47 Å². The fourth-order valence-corrected chi connectivity index (χ4v) is 4.18. The number of amides is 2. The van der Waals surface area contributed by atoms with Gasteiger partial charge in [-0.25, -0.2) is 0 Å². The van der Waals surface area contributed by atoms with Crippen molar-refractivity contribution in [2.75, 3.05) is 11.1 Å². The maximum Gasteiger partial charge on any atom is 0.251 e. The van der Waals surface area contributed by atoms with Gasteiger partial charge in [-0.3, -0.25) is 9.59 Å². The zero-order valence-corrected chi connectivity index (χ0v) is 20.3. The highest BCUT2D eigenvalue weighted by atomic mass is 79.9. The maximum atomic E-state index is 12.4. The van der Waals surface area contributed by atoms with Crippen LogP contribution in [0.1, 0.15) is 23.1 Å². The molecule has 2 aromatic carbocycles. The van der Waals surface area contributed by atoms with Gasteiger partial charge >= 0.3 is 0 Å². The van der Waals surface area contributed by atoms with Crippen molar-refractivity contribution in [2.24, 2.45) is 0 Å². The third-order valence-electron chi connectivity index (χ3n) is 4.14. The van der Waals surface area contributed by atoms with Crippen LogP contribution in [-0.4, -0.2) is 32.3 Å². The van der Waals surface area contributed by atoms with Crippen LogP contribution in [0, 0.1) is 0 Å². The Morgan fingerprint density at radius 2 is 1.94 bits per heavy atom. The van der Waals surface area contributed by atoms with Crippen molar-refractivity contribution >= 4 is 68.4 Å². The Kier molecular flexibility index (Phi) is 8.36. The molecule has 2 N–H and O–H groups in total. The third-order valence-corrected chi connectivity index (χ3v) is 6.34. The topological polar surface area (TPSA) is 88.9 Å². The monoisotopic (exact) mass is 541 g/mol. The van der Waals surface area contributed by atoms with Gasteiger partial charge in [-0.2, -0.15) is 0 Å². The number of benzene rings is 2.